The van der Waals surface area contributed by atoms with Crippen molar-refractivity contribution in [2.75, 3.05) is 18.7 Å². The number of carbonyl (C=O) groups is 3. The van der Waals surface area contributed by atoms with E-state index in [2.05, 4.69) is 15.6 Å². The van der Waals surface area contributed by atoms with Crippen LogP contribution in [-0.2, 0) is 16.0 Å². The molecule has 0 radical (unpaired) electrons. The van der Waals surface area contributed by atoms with Gasteiger partial charge in [0.2, 0.25) is 12.7 Å². The van der Waals surface area contributed by atoms with Gasteiger partial charge in [-0.2, -0.15) is 0 Å². The third-order valence-corrected chi connectivity index (χ3v) is 5.16. The fraction of sp³-hybridized carbons (Fsp3) is 0.190. The van der Waals surface area contributed by atoms with Crippen molar-refractivity contribution >= 4 is 34.4 Å². The Labute approximate surface area is 170 Å². The molecule has 0 spiro atoms. The lowest BCUT2D eigenvalue weighted by atomic mass is 10.1. The second-order valence-corrected chi connectivity index (χ2v) is 7.11. The predicted molar refractivity (Wildman–Crippen MR) is 107 cm³/mol. The Kier molecular flexibility index (Phi) is 4.27. The molecule has 1 fully saturated rings. The number of carbonyl (C=O) groups excluding carboxylic acids is 3. The van der Waals surface area contributed by atoms with Gasteiger partial charge in [-0.3, -0.25) is 14.5 Å². The van der Waals surface area contributed by atoms with Crippen molar-refractivity contribution in [3.05, 3.63) is 54.2 Å². The van der Waals surface area contributed by atoms with Crippen LogP contribution in [0, 0.1) is 0 Å². The summed E-state index contributed by atoms with van der Waals surface area (Å²) in [6.07, 6.45) is 2.17. The van der Waals surface area contributed by atoms with Crippen molar-refractivity contribution in [2.24, 2.45) is 0 Å². The first kappa shape index (κ1) is 18.0. The quantitative estimate of drug-likeness (QED) is 0.561. The first-order chi connectivity index (χ1) is 14.6. The van der Waals surface area contributed by atoms with E-state index in [9.17, 15) is 14.4 Å². The summed E-state index contributed by atoms with van der Waals surface area (Å²) in [6.45, 7) is -0.240. The minimum atomic E-state index is -0.713. The number of anilines is 1. The van der Waals surface area contributed by atoms with Gasteiger partial charge in [-0.15, -0.1) is 0 Å². The van der Waals surface area contributed by atoms with Crippen molar-refractivity contribution in [3.8, 4) is 11.5 Å². The zero-order valence-corrected chi connectivity index (χ0v) is 15.8. The molecule has 1 saturated heterocycles. The summed E-state index contributed by atoms with van der Waals surface area (Å²) in [5.74, 6) is 0.222. The van der Waals surface area contributed by atoms with Crippen LogP contribution in [0.15, 0.2) is 48.7 Å². The van der Waals surface area contributed by atoms with Gasteiger partial charge in [0, 0.05) is 35.3 Å². The molecule has 9 heteroatoms. The van der Waals surface area contributed by atoms with Gasteiger partial charge in [0.25, 0.3) is 5.91 Å². The van der Waals surface area contributed by atoms with E-state index in [1.54, 1.807) is 18.2 Å². The number of hydrogen-bond acceptors (Lipinski definition) is 5. The zero-order chi connectivity index (χ0) is 20.7. The minimum absolute atomic E-state index is 0.132. The van der Waals surface area contributed by atoms with Crippen molar-refractivity contribution in [3.63, 3.8) is 0 Å². The highest BCUT2D eigenvalue weighted by Crippen LogP contribution is 2.34. The molecule has 0 unspecified atom stereocenters. The van der Waals surface area contributed by atoms with Crippen LogP contribution in [0.1, 0.15) is 5.56 Å². The number of fused-ring (bicyclic) bond motifs is 2. The maximum atomic E-state index is 12.7. The number of benzene rings is 2. The predicted octanol–water partition coefficient (Wildman–Crippen LogP) is 2.00. The van der Waals surface area contributed by atoms with E-state index in [1.165, 1.54) is 0 Å². The molecule has 4 amide bonds. The van der Waals surface area contributed by atoms with E-state index < -0.39 is 23.9 Å². The Bertz CT molecular complexity index is 1170. The van der Waals surface area contributed by atoms with Gasteiger partial charge in [-0.05, 0) is 23.8 Å². The van der Waals surface area contributed by atoms with Crippen molar-refractivity contribution < 1.29 is 23.9 Å². The molecular weight excluding hydrogens is 388 g/mol. The molecule has 3 N–H and O–H groups in total. The molecule has 0 bridgehead atoms. The highest BCUT2D eigenvalue weighted by molar-refractivity contribution is 6.08. The minimum Gasteiger partial charge on any atom is -0.454 e. The summed E-state index contributed by atoms with van der Waals surface area (Å²) in [5, 5.41) is 6.34. The van der Waals surface area contributed by atoms with E-state index in [-0.39, 0.29) is 13.3 Å². The summed E-state index contributed by atoms with van der Waals surface area (Å²) >= 11 is 0. The number of nitrogens with one attached hydrogen (secondary N) is 3. The van der Waals surface area contributed by atoms with E-state index in [0.29, 0.717) is 23.6 Å². The highest BCUT2D eigenvalue weighted by Gasteiger charge is 2.39. The van der Waals surface area contributed by atoms with Crippen molar-refractivity contribution in [1.29, 1.82) is 0 Å². The summed E-state index contributed by atoms with van der Waals surface area (Å²) in [7, 11) is 0. The number of nitrogens with zero attached hydrogens (tertiary/aromatic N) is 1. The first-order valence-electron chi connectivity index (χ1n) is 9.45. The Hall–Kier alpha value is -4.01. The molecular formula is C21H18N4O5. The second-order valence-electron chi connectivity index (χ2n) is 7.11. The third-order valence-electron chi connectivity index (χ3n) is 5.16. The lowest BCUT2D eigenvalue weighted by molar-refractivity contribution is -0.130. The molecule has 9 nitrogen and oxygen atoms in total. The average molecular weight is 406 g/mol. The van der Waals surface area contributed by atoms with Crippen molar-refractivity contribution in [2.45, 2.75) is 12.5 Å². The van der Waals surface area contributed by atoms with Gasteiger partial charge in [0.15, 0.2) is 11.5 Å². The Morgan fingerprint density at radius 1 is 1.13 bits per heavy atom. The van der Waals surface area contributed by atoms with Crippen LogP contribution < -0.4 is 20.1 Å². The number of aromatic nitrogens is 1. The van der Waals surface area contributed by atoms with Gasteiger partial charge in [-0.25, -0.2) is 4.79 Å². The first-order valence-corrected chi connectivity index (χ1v) is 9.45. The molecule has 2 aliphatic heterocycles. The standard InChI is InChI=1S/C21H18N4O5/c26-19(23-13-5-6-17-18(8-13)30-11-29-17)10-25-20(27)16(24-21(25)28)7-12-9-22-15-4-2-1-3-14(12)15/h1-6,8-9,16,22H,7,10-11H2,(H,23,26)(H,24,28)/t16-/m0/s1. The van der Waals surface area contributed by atoms with Crippen LogP contribution in [0.5, 0.6) is 11.5 Å². The van der Waals surface area contributed by atoms with Crippen LogP contribution in [-0.4, -0.2) is 47.1 Å². The highest BCUT2D eigenvalue weighted by atomic mass is 16.7. The lowest BCUT2D eigenvalue weighted by Crippen LogP contribution is -2.38. The number of ether oxygens (including phenoxy) is 2. The molecule has 0 aliphatic carbocycles. The molecule has 5 rings (SSSR count). The van der Waals surface area contributed by atoms with Gasteiger partial charge in [-0.1, -0.05) is 18.2 Å². The Balaban J connectivity index is 1.24. The van der Waals surface area contributed by atoms with Crippen LogP contribution >= 0.6 is 0 Å². The molecule has 1 aromatic heterocycles. The van der Waals surface area contributed by atoms with Crippen molar-refractivity contribution in [1.82, 2.24) is 15.2 Å². The normalized spacial score (nSPS) is 17.5. The van der Waals surface area contributed by atoms with E-state index in [4.69, 9.17) is 9.47 Å². The molecule has 30 heavy (non-hydrogen) atoms. The van der Waals surface area contributed by atoms with E-state index in [0.717, 1.165) is 21.4 Å². The Morgan fingerprint density at radius 2 is 1.97 bits per heavy atom. The monoisotopic (exact) mass is 406 g/mol. The molecule has 2 aliphatic rings. The Morgan fingerprint density at radius 3 is 2.87 bits per heavy atom. The number of rotatable bonds is 5. The van der Waals surface area contributed by atoms with Crippen LogP contribution in [0.2, 0.25) is 0 Å². The van der Waals surface area contributed by atoms with E-state index in [1.807, 2.05) is 30.5 Å². The topological polar surface area (TPSA) is 113 Å². The smallest absolute Gasteiger partial charge is 0.325 e. The van der Waals surface area contributed by atoms with E-state index >= 15 is 0 Å². The van der Waals surface area contributed by atoms with Gasteiger partial charge in [0.05, 0.1) is 0 Å². The molecule has 1 atom stereocenters. The lowest BCUT2D eigenvalue weighted by Gasteiger charge is -2.13. The van der Waals surface area contributed by atoms with Gasteiger partial charge in [0.1, 0.15) is 12.6 Å². The number of urea groups is 1. The summed E-state index contributed by atoms with van der Waals surface area (Å²) in [5.41, 5.74) is 2.38. The number of para-hydroxylation sites is 1. The average Bonchev–Trinajstić information content (AvgIpc) is 3.43. The number of imide groups is 1. The van der Waals surface area contributed by atoms with Crippen LogP contribution in [0.4, 0.5) is 10.5 Å². The third kappa shape index (κ3) is 3.20. The van der Waals surface area contributed by atoms with Gasteiger partial charge < -0.3 is 25.1 Å². The van der Waals surface area contributed by atoms with Crippen LogP contribution in [0.3, 0.4) is 0 Å². The molecule has 0 saturated carbocycles. The number of hydrogen-bond donors (Lipinski definition) is 3. The second kappa shape index (κ2) is 7.11. The maximum absolute atomic E-state index is 12.7. The zero-order valence-electron chi connectivity index (χ0n) is 15.8. The summed E-state index contributed by atoms with van der Waals surface area (Å²) < 4.78 is 10.5. The molecule has 2 aromatic carbocycles. The fourth-order valence-corrected chi connectivity index (χ4v) is 3.70. The van der Waals surface area contributed by atoms with Crippen LogP contribution in [0.25, 0.3) is 10.9 Å². The molecule has 3 aromatic rings. The summed E-state index contributed by atoms with van der Waals surface area (Å²) in [6, 6.07) is 11.4. The van der Waals surface area contributed by atoms with Gasteiger partial charge >= 0.3 is 6.03 Å². The fourth-order valence-electron chi connectivity index (χ4n) is 3.70. The molecule has 152 valence electrons. The molecule has 3 heterocycles. The SMILES string of the molecule is O=C(CN1C(=O)N[C@@H](Cc2c[nH]c3ccccc23)C1=O)Nc1ccc2c(c1)OCO2. The number of H-pyrrole nitrogens is 1. The number of aromatic amines is 1. The number of amides is 4. The summed E-state index contributed by atoms with van der Waals surface area (Å²) in [4.78, 5) is 41.5. The maximum Gasteiger partial charge on any atom is 0.325 e. The largest absolute Gasteiger partial charge is 0.454 e.